The minimum absolute atomic E-state index is 0.126. The van der Waals surface area contributed by atoms with Crippen molar-refractivity contribution in [2.45, 2.75) is 13.5 Å². The Balaban J connectivity index is 1.71. The van der Waals surface area contributed by atoms with E-state index in [1.807, 2.05) is 44.1 Å². The van der Waals surface area contributed by atoms with Gasteiger partial charge in [0.05, 0.1) is 15.7 Å². The predicted octanol–water partition coefficient (Wildman–Crippen LogP) is 3.76. The quantitative estimate of drug-likeness (QED) is 0.452. The van der Waals surface area contributed by atoms with Crippen molar-refractivity contribution in [3.63, 3.8) is 0 Å². The van der Waals surface area contributed by atoms with E-state index in [2.05, 4.69) is 0 Å². The third kappa shape index (κ3) is 3.86. The summed E-state index contributed by atoms with van der Waals surface area (Å²) >= 11 is 7.67. The monoisotopic (exact) mass is 444 g/mol. The summed E-state index contributed by atoms with van der Waals surface area (Å²) in [7, 11) is 3.89. The average molecular weight is 445 g/mol. The molecule has 4 aromatic rings. The third-order valence-electron chi connectivity index (χ3n) is 4.91. The second-order valence-corrected chi connectivity index (χ2v) is 8.70. The lowest BCUT2D eigenvalue weighted by Crippen LogP contribution is -2.39. The number of nitrogens with zero attached hydrogens (tertiary/aromatic N) is 4. The van der Waals surface area contributed by atoms with E-state index in [1.54, 1.807) is 23.1 Å². The van der Waals surface area contributed by atoms with Gasteiger partial charge >= 0.3 is 5.76 Å². The summed E-state index contributed by atoms with van der Waals surface area (Å²) in [5.74, 6) is -0.780. The normalized spacial score (nSPS) is 11.6. The van der Waals surface area contributed by atoms with E-state index in [0.717, 1.165) is 15.8 Å². The lowest BCUT2D eigenvalue weighted by Gasteiger charge is -2.22. The van der Waals surface area contributed by atoms with Crippen molar-refractivity contribution in [3.05, 3.63) is 57.5 Å². The van der Waals surface area contributed by atoms with E-state index < -0.39 is 5.76 Å². The number of oxazole rings is 1. The van der Waals surface area contributed by atoms with Crippen molar-refractivity contribution in [2.24, 2.45) is 0 Å². The van der Waals surface area contributed by atoms with Crippen molar-refractivity contribution in [1.82, 2.24) is 14.5 Å². The van der Waals surface area contributed by atoms with Gasteiger partial charge in [-0.1, -0.05) is 35.1 Å². The zero-order valence-electron chi connectivity index (χ0n) is 16.9. The van der Waals surface area contributed by atoms with Gasteiger partial charge in [-0.3, -0.25) is 14.3 Å². The number of anilines is 1. The molecule has 0 aliphatic heterocycles. The van der Waals surface area contributed by atoms with Crippen LogP contribution in [0.15, 0.2) is 45.6 Å². The second-order valence-electron chi connectivity index (χ2n) is 7.29. The molecule has 2 aromatic heterocycles. The number of aryl methyl sites for hydroxylation is 1. The molecular weight excluding hydrogens is 424 g/mol. The maximum absolute atomic E-state index is 13.3. The van der Waals surface area contributed by atoms with Crippen LogP contribution in [0.5, 0.6) is 0 Å². The van der Waals surface area contributed by atoms with Gasteiger partial charge in [-0.05, 0) is 50.8 Å². The molecule has 0 saturated heterocycles. The van der Waals surface area contributed by atoms with Crippen LogP contribution in [0.1, 0.15) is 5.56 Å². The number of benzene rings is 2. The molecule has 7 nitrogen and oxygen atoms in total. The number of likely N-dealkylation sites (N-methyl/N-ethyl adjacent to an activating group) is 1. The molecule has 9 heteroatoms. The number of hydrogen-bond acceptors (Lipinski definition) is 6. The molecular formula is C21H21ClN4O3S. The van der Waals surface area contributed by atoms with Gasteiger partial charge < -0.3 is 9.32 Å². The summed E-state index contributed by atoms with van der Waals surface area (Å²) < 4.78 is 7.58. The van der Waals surface area contributed by atoms with Crippen LogP contribution in [-0.4, -0.2) is 47.5 Å². The molecule has 0 spiro atoms. The van der Waals surface area contributed by atoms with Gasteiger partial charge in [-0.15, -0.1) is 0 Å². The van der Waals surface area contributed by atoms with Crippen molar-refractivity contribution >= 4 is 55.3 Å². The van der Waals surface area contributed by atoms with Crippen molar-refractivity contribution < 1.29 is 9.21 Å². The van der Waals surface area contributed by atoms with E-state index in [-0.39, 0.29) is 12.5 Å². The van der Waals surface area contributed by atoms with Crippen LogP contribution in [0, 0.1) is 6.92 Å². The summed E-state index contributed by atoms with van der Waals surface area (Å²) in [6.45, 7) is 2.89. The first-order valence-electron chi connectivity index (χ1n) is 9.44. The second kappa shape index (κ2) is 8.22. The van der Waals surface area contributed by atoms with Gasteiger partial charge in [0.1, 0.15) is 6.54 Å². The number of aromatic nitrogens is 2. The maximum Gasteiger partial charge on any atom is 0.420 e. The highest BCUT2D eigenvalue weighted by Crippen LogP contribution is 2.33. The van der Waals surface area contributed by atoms with Crippen molar-refractivity contribution in [3.8, 4) is 0 Å². The molecule has 2 aromatic carbocycles. The van der Waals surface area contributed by atoms with E-state index in [0.29, 0.717) is 34.3 Å². The Bertz CT molecular complexity index is 1290. The van der Waals surface area contributed by atoms with E-state index in [4.69, 9.17) is 21.0 Å². The fraction of sp³-hybridized carbons (Fsp3) is 0.286. The minimum Gasteiger partial charge on any atom is -0.408 e. The fourth-order valence-electron chi connectivity index (χ4n) is 3.22. The highest BCUT2D eigenvalue weighted by atomic mass is 35.5. The number of carbonyl (C=O) groups excluding carboxylic acids is 1. The molecule has 30 heavy (non-hydrogen) atoms. The van der Waals surface area contributed by atoms with Gasteiger partial charge in [-0.25, -0.2) is 9.78 Å². The fourth-order valence-corrected chi connectivity index (χ4v) is 4.44. The van der Waals surface area contributed by atoms with Crippen LogP contribution < -0.4 is 10.7 Å². The summed E-state index contributed by atoms with van der Waals surface area (Å²) in [5, 5.41) is 1.23. The summed E-state index contributed by atoms with van der Waals surface area (Å²) in [5.41, 5.74) is 2.72. The van der Waals surface area contributed by atoms with E-state index in [1.165, 1.54) is 15.9 Å². The topological polar surface area (TPSA) is 71.6 Å². The maximum atomic E-state index is 13.3. The molecule has 2 heterocycles. The Kier molecular flexibility index (Phi) is 5.64. The summed E-state index contributed by atoms with van der Waals surface area (Å²) in [4.78, 5) is 33.9. The highest BCUT2D eigenvalue weighted by Gasteiger charge is 2.23. The Morgan fingerprint density at radius 2 is 1.97 bits per heavy atom. The van der Waals surface area contributed by atoms with Crippen LogP contribution in [0.2, 0.25) is 5.02 Å². The number of halogens is 1. The summed E-state index contributed by atoms with van der Waals surface area (Å²) in [6, 6.07) is 10.8. The van der Waals surface area contributed by atoms with Crippen LogP contribution in [-0.2, 0) is 11.3 Å². The van der Waals surface area contributed by atoms with Gasteiger partial charge in [0.2, 0.25) is 5.91 Å². The zero-order valence-corrected chi connectivity index (χ0v) is 18.5. The standard InChI is InChI=1S/C21H21ClN4O3S/c1-13-14(22)8-9-17-19(13)23-20(30-17)25(11-10-24(2)3)18(27)12-26-15-6-4-5-7-16(15)29-21(26)28/h4-9H,10-12H2,1-3H3. The van der Waals surface area contributed by atoms with Crippen LogP contribution in [0.3, 0.4) is 0 Å². The predicted molar refractivity (Wildman–Crippen MR) is 121 cm³/mol. The largest absolute Gasteiger partial charge is 0.420 e. The Morgan fingerprint density at radius 1 is 1.20 bits per heavy atom. The van der Waals surface area contributed by atoms with E-state index in [9.17, 15) is 9.59 Å². The number of fused-ring (bicyclic) bond motifs is 2. The Hall–Kier alpha value is -2.68. The Labute approximate surface area is 182 Å². The molecule has 0 fully saturated rings. The minimum atomic E-state index is -0.552. The van der Waals surface area contributed by atoms with Crippen LogP contribution in [0.25, 0.3) is 21.3 Å². The number of rotatable bonds is 6. The summed E-state index contributed by atoms with van der Waals surface area (Å²) in [6.07, 6.45) is 0. The number of amides is 1. The molecule has 0 atom stereocenters. The first kappa shape index (κ1) is 20.6. The number of thiazole rings is 1. The number of hydrogen-bond donors (Lipinski definition) is 0. The zero-order chi connectivity index (χ0) is 21.4. The van der Waals surface area contributed by atoms with Crippen molar-refractivity contribution in [2.75, 3.05) is 32.1 Å². The number of para-hydroxylation sites is 2. The molecule has 4 rings (SSSR count). The lowest BCUT2D eigenvalue weighted by molar-refractivity contribution is -0.119. The Morgan fingerprint density at radius 3 is 2.73 bits per heavy atom. The first-order valence-corrected chi connectivity index (χ1v) is 10.6. The molecule has 0 N–H and O–H groups in total. The molecule has 0 radical (unpaired) electrons. The van der Waals surface area contributed by atoms with Gasteiger partial charge in [0.15, 0.2) is 10.7 Å². The molecule has 156 valence electrons. The smallest absolute Gasteiger partial charge is 0.408 e. The lowest BCUT2D eigenvalue weighted by atomic mass is 10.2. The molecule has 0 aliphatic carbocycles. The third-order valence-corrected chi connectivity index (χ3v) is 6.36. The molecule has 0 bridgehead atoms. The van der Waals surface area contributed by atoms with Gasteiger partial charge in [0, 0.05) is 18.1 Å². The number of carbonyl (C=O) groups is 1. The van der Waals surface area contributed by atoms with Crippen LogP contribution >= 0.6 is 22.9 Å². The average Bonchev–Trinajstić information content (AvgIpc) is 3.27. The van der Waals surface area contributed by atoms with E-state index >= 15 is 0 Å². The van der Waals surface area contributed by atoms with Crippen LogP contribution in [0.4, 0.5) is 5.13 Å². The molecule has 0 saturated carbocycles. The van der Waals surface area contributed by atoms with Crippen molar-refractivity contribution in [1.29, 1.82) is 0 Å². The molecule has 1 amide bonds. The molecule has 0 unspecified atom stereocenters. The highest BCUT2D eigenvalue weighted by molar-refractivity contribution is 7.22. The van der Waals surface area contributed by atoms with Gasteiger partial charge in [-0.2, -0.15) is 0 Å². The molecule has 0 aliphatic rings. The first-order chi connectivity index (χ1) is 14.3. The van der Waals surface area contributed by atoms with Gasteiger partial charge in [0.25, 0.3) is 0 Å². The SMILES string of the molecule is Cc1c(Cl)ccc2sc(N(CCN(C)C)C(=O)Cn3c(=O)oc4ccccc43)nc12.